The second-order valence-corrected chi connectivity index (χ2v) is 4.47. The first-order valence-electron chi connectivity index (χ1n) is 4.95. The molecule has 0 bridgehead atoms. The van der Waals surface area contributed by atoms with Crippen molar-refractivity contribution in [2.75, 3.05) is 5.32 Å². The van der Waals surface area contributed by atoms with Gasteiger partial charge in [-0.25, -0.2) is 4.98 Å². The van der Waals surface area contributed by atoms with Gasteiger partial charge in [0.05, 0.1) is 15.7 Å². The number of hydrogen-bond donors (Lipinski definition) is 2. The van der Waals surface area contributed by atoms with E-state index in [9.17, 15) is 9.59 Å². The van der Waals surface area contributed by atoms with Crippen molar-refractivity contribution in [3.63, 3.8) is 0 Å². The van der Waals surface area contributed by atoms with Gasteiger partial charge in [0, 0.05) is 5.69 Å². The predicted octanol–water partition coefficient (Wildman–Crippen LogP) is 1.96. The van der Waals surface area contributed by atoms with E-state index in [-0.39, 0.29) is 0 Å². The van der Waals surface area contributed by atoms with Crippen LogP contribution in [-0.4, -0.2) is 22.0 Å². The quantitative estimate of drug-likeness (QED) is 0.816. The average molecular weight is 250 g/mol. The number of aliphatic carboxylic acids is 1. The summed E-state index contributed by atoms with van der Waals surface area (Å²) >= 11 is 1.46. The molecule has 0 fully saturated rings. The van der Waals surface area contributed by atoms with E-state index < -0.39 is 17.8 Å². The van der Waals surface area contributed by atoms with Crippen LogP contribution in [0.1, 0.15) is 6.92 Å². The van der Waals surface area contributed by atoms with Crippen LogP contribution in [0.4, 0.5) is 5.69 Å². The van der Waals surface area contributed by atoms with Crippen LogP contribution in [0.5, 0.6) is 0 Å². The van der Waals surface area contributed by atoms with E-state index in [0.29, 0.717) is 5.69 Å². The average Bonchev–Trinajstić information content (AvgIpc) is 2.74. The number of carboxylic acids is 1. The molecule has 2 rings (SSSR count). The second-order valence-electron chi connectivity index (χ2n) is 3.58. The number of rotatable bonds is 3. The van der Waals surface area contributed by atoms with E-state index >= 15 is 0 Å². The summed E-state index contributed by atoms with van der Waals surface area (Å²) in [6.45, 7) is 1.35. The molecule has 5 nitrogen and oxygen atoms in total. The molecule has 6 heteroatoms. The Labute approximate surface area is 101 Å². The van der Waals surface area contributed by atoms with Crippen molar-refractivity contribution >= 4 is 39.1 Å². The number of thiazole rings is 1. The molecule has 17 heavy (non-hydrogen) atoms. The predicted molar refractivity (Wildman–Crippen MR) is 65.0 cm³/mol. The van der Waals surface area contributed by atoms with Crippen LogP contribution >= 0.6 is 11.3 Å². The normalized spacial score (nSPS) is 12.3. The van der Waals surface area contributed by atoms with Gasteiger partial charge in [0.1, 0.15) is 5.92 Å². The van der Waals surface area contributed by atoms with Crippen LogP contribution in [0.2, 0.25) is 0 Å². The first kappa shape index (κ1) is 11.5. The van der Waals surface area contributed by atoms with Crippen LogP contribution < -0.4 is 5.32 Å². The molecule has 1 atom stereocenters. The minimum absolute atomic E-state index is 0.527. The minimum Gasteiger partial charge on any atom is -0.481 e. The fourth-order valence-electron chi connectivity index (χ4n) is 1.30. The molecule has 0 aliphatic heterocycles. The summed E-state index contributed by atoms with van der Waals surface area (Å²) in [5.41, 5.74) is 3.16. The zero-order valence-corrected chi connectivity index (χ0v) is 9.82. The summed E-state index contributed by atoms with van der Waals surface area (Å²) < 4.78 is 0.950. The lowest BCUT2D eigenvalue weighted by atomic mass is 10.1. The highest BCUT2D eigenvalue weighted by molar-refractivity contribution is 7.16. The largest absolute Gasteiger partial charge is 0.481 e. The Hall–Kier alpha value is -1.95. The summed E-state index contributed by atoms with van der Waals surface area (Å²) in [7, 11) is 0. The molecule has 0 saturated carbocycles. The van der Waals surface area contributed by atoms with E-state index in [4.69, 9.17) is 5.11 Å². The van der Waals surface area contributed by atoms with Gasteiger partial charge in [-0.15, -0.1) is 11.3 Å². The first-order valence-corrected chi connectivity index (χ1v) is 5.83. The Morgan fingerprint density at radius 3 is 2.94 bits per heavy atom. The molecular weight excluding hydrogens is 240 g/mol. The van der Waals surface area contributed by atoms with E-state index in [1.54, 1.807) is 23.7 Å². The third-order valence-corrected chi connectivity index (χ3v) is 3.15. The molecule has 2 N–H and O–H groups in total. The molecule has 1 amide bonds. The second kappa shape index (κ2) is 4.50. The number of fused-ring (bicyclic) bond motifs is 1. The Bertz CT molecular complexity index is 579. The van der Waals surface area contributed by atoms with Gasteiger partial charge in [-0.05, 0) is 25.1 Å². The maximum absolute atomic E-state index is 11.5. The number of nitrogens with one attached hydrogen (secondary N) is 1. The molecule has 0 aliphatic rings. The number of carbonyl (C=O) groups is 2. The lowest BCUT2D eigenvalue weighted by Crippen LogP contribution is -2.26. The van der Waals surface area contributed by atoms with Gasteiger partial charge in [-0.3, -0.25) is 9.59 Å². The number of carbonyl (C=O) groups excluding carboxylic acids is 1. The Morgan fingerprint density at radius 2 is 2.24 bits per heavy atom. The van der Waals surface area contributed by atoms with Gasteiger partial charge >= 0.3 is 5.97 Å². The van der Waals surface area contributed by atoms with Crippen LogP contribution in [0.25, 0.3) is 10.2 Å². The van der Waals surface area contributed by atoms with E-state index in [2.05, 4.69) is 10.3 Å². The van der Waals surface area contributed by atoms with Gasteiger partial charge < -0.3 is 10.4 Å². The van der Waals surface area contributed by atoms with Gasteiger partial charge in [-0.2, -0.15) is 0 Å². The van der Waals surface area contributed by atoms with Crippen molar-refractivity contribution in [2.24, 2.45) is 5.92 Å². The monoisotopic (exact) mass is 250 g/mol. The summed E-state index contributed by atoms with van der Waals surface area (Å²) in [5.74, 6) is -2.73. The Kier molecular flexibility index (Phi) is 3.06. The molecular formula is C11H10N2O3S. The molecule has 0 spiro atoms. The Balaban J connectivity index is 2.18. The van der Waals surface area contributed by atoms with E-state index in [0.717, 1.165) is 10.2 Å². The maximum atomic E-state index is 11.5. The maximum Gasteiger partial charge on any atom is 0.315 e. The fraction of sp³-hybridized carbons (Fsp3) is 0.182. The number of nitrogens with zero attached hydrogens (tertiary/aromatic N) is 1. The summed E-state index contributed by atoms with van der Waals surface area (Å²) in [6.07, 6.45) is 0. The summed E-state index contributed by atoms with van der Waals surface area (Å²) in [6, 6.07) is 5.26. The number of aromatic nitrogens is 1. The third-order valence-electron chi connectivity index (χ3n) is 2.36. The van der Waals surface area contributed by atoms with Crippen molar-refractivity contribution in [3.05, 3.63) is 23.7 Å². The fourth-order valence-corrected chi connectivity index (χ4v) is 2.01. The Morgan fingerprint density at radius 1 is 1.47 bits per heavy atom. The zero-order chi connectivity index (χ0) is 12.4. The van der Waals surface area contributed by atoms with Crippen molar-refractivity contribution < 1.29 is 14.7 Å². The molecule has 2 aromatic rings. The first-order chi connectivity index (χ1) is 8.08. The summed E-state index contributed by atoms with van der Waals surface area (Å²) in [5, 5.41) is 11.3. The highest BCUT2D eigenvalue weighted by atomic mass is 32.1. The van der Waals surface area contributed by atoms with Crippen LogP contribution in [0.15, 0.2) is 23.7 Å². The third kappa shape index (κ3) is 2.42. The van der Waals surface area contributed by atoms with Gasteiger partial charge in [0.25, 0.3) is 0 Å². The van der Waals surface area contributed by atoms with Crippen molar-refractivity contribution in [1.82, 2.24) is 4.98 Å². The smallest absolute Gasteiger partial charge is 0.315 e. The standard InChI is InChI=1S/C11H10N2O3S/c1-6(11(15)16)10(14)13-7-2-3-8-9(4-7)17-5-12-8/h2-6H,1H3,(H,13,14)(H,15,16). The molecule has 0 aliphatic carbocycles. The molecule has 88 valence electrons. The lowest BCUT2D eigenvalue weighted by Gasteiger charge is -2.07. The number of hydrogen-bond acceptors (Lipinski definition) is 4. The van der Waals surface area contributed by atoms with Crippen molar-refractivity contribution in [2.45, 2.75) is 6.92 Å². The molecule has 1 unspecified atom stereocenters. The highest BCUT2D eigenvalue weighted by Crippen LogP contribution is 2.22. The van der Waals surface area contributed by atoms with Crippen LogP contribution in [0, 0.1) is 5.92 Å². The number of amides is 1. The number of anilines is 1. The SMILES string of the molecule is CC(C(=O)O)C(=O)Nc1ccc2ncsc2c1. The number of carboxylic acid groups (broad SMARTS) is 1. The highest BCUT2D eigenvalue weighted by Gasteiger charge is 2.20. The lowest BCUT2D eigenvalue weighted by molar-refractivity contribution is -0.144. The topological polar surface area (TPSA) is 79.3 Å². The van der Waals surface area contributed by atoms with Gasteiger partial charge in [0.15, 0.2) is 0 Å². The zero-order valence-electron chi connectivity index (χ0n) is 9.01. The van der Waals surface area contributed by atoms with E-state index in [1.807, 2.05) is 0 Å². The van der Waals surface area contributed by atoms with Crippen LogP contribution in [-0.2, 0) is 9.59 Å². The van der Waals surface area contributed by atoms with Crippen molar-refractivity contribution in [1.29, 1.82) is 0 Å². The van der Waals surface area contributed by atoms with Crippen molar-refractivity contribution in [3.8, 4) is 0 Å². The molecule has 0 radical (unpaired) electrons. The molecule has 1 heterocycles. The van der Waals surface area contributed by atoms with Gasteiger partial charge in [-0.1, -0.05) is 0 Å². The molecule has 1 aromatic carbocycles. The summed E-state index contributed by atoms with van der Waals surface area (Å²) in [4.78, 5) is 26.3. The molecule has 0 saturated heterocycles. The van der Waals surface area contributed by atoms with E-state index in [1.165, 1.54) is 18.3 Å². The van der Waals surface area contributed by atoms with Crippen LogP contribution in [0.3, 0.4) is 0 Å². The molecule has 1 aromatic heterocycles. The number of benzene rings is 1. The van der Waals surface area contributed by atoms with Gasteiger partial charge in [0.2, 0.25) is 5.91 Å². The minimum atomic E-state index is -1.14.